The molecule has 1 aromatic heterocycles. The summed E-state index contributed by atoms with van der Waals surface area (Å²) in [7, 11) is 0. The predicted molar refractivity (Wildman–Crippen MR) is 87.3 cm³/mol. The predicted octanol–water partition coefficient (Wildman–Crippen LogP) is 3.24. The Labute approximate surface area is 133 Å². The van der Waals surface area contributed by atoms with Gasteiger partial charge in [-0.15, -0.1) is 0 Å². The number of carboxylic acids is 1. The largest absolute Gasteiger partial charge is 0.478 e. The van der Waals surface area contributed by atoms with E-state index in [0.29, 0.717) is 5.56 Å². The SMILES string of the molecule is CSc1ncc(-c2ccc(C(=O)O)cc2)n1C1CCCCN1. The Morgan fingerprint density at radius 2 is 2.14 bits per heavy atom. The van der Waals surface area contributed by atoms with Crippen molar-refractivity contribution < 1.29 is 9.90 Å². The zero-order valence-electron chi connectivity index (χ0n) is 12.5. The number of hydrogen-bond donors (Lipinski definition) is 2. The van der Waals surface area contributed by atoms with E-state index in [1.807, 2.05) is 24.6 Å². The third kappa shape index (κ3) is 2.89. The Bertz CT molecular complexity index is 661. The van der Waals surface area contributed by atoms with E-state index < -0.39 is 5.97 Å². The minimum Gasteiger partial charge on any atom is -0.478 e. The number of nitrogens with one attached hydrogen (secondary N) is 1. The second-order valence-corrected chi connectivity index (χ2v) is 6.12. The van der Waals surface area contributed by atoms with E-state index in [1.54, 1.807) is 23.9 Å². The van der Waals surface area contributed by atoms with Crippen LogP contribution in [0.15, 0.2) is 35.6 Å². The van der Waals surface area contributed by atoms with Crippen molar-refractivity contribution in [2.45, 2.75) is 30.6 Å². The van der Waals surface area contributed by atoms with Gasteiger partial charge in [-0.05, 0) is 49.8 Å². The first kappa shape index (κ1) is 15.1. The summed E-state index contributed by atoms with van der Waals surface area (Å²) in [5.41, 5.74) is 2.32. The molecule has 2 heterocycles. The van der Waals surface area contributed by atoms with Crippen LogP contribution in [0.4, 0.5) is 0 Å². The van der Waals surface area contributed by atoms with Crippen LogP contribution in [0.5, 0.6) is 0 Å². The number of hydrogen-bond acceptors (Lipinski definition) is 4. The molecule has 5 nitrogen and oxygen atoms in total. The summed E-state index contributed by atoms with van der Waals surface area (Å²) in [6.07, 6.45) is 7.66. The zero-order valence-corrected chi connectivity index (χ0v) is 13.3. The fourth-order valence-electron chi connectivity index (χ4n) is 2.85. The highest BCUT2D eigenvalue weighted by atomic mass is 32.2. The molecule has 1 aliphatic rings. The average Bonchev–Trinajstić information content (AvgIpc) is 2.99. The van der Waals surface area contributed by atoms with Crippen LogP contribution in [0.3, 0.4) is 0 Å². The van der Waals surface area contributed by atoms with Crippen LogP contribution < -0.4 is 5.32 Å². The highest BCUT2D eigenvalue weighted by molar-refractivity contribution is 7.98. The molecule has 0 bridgehead atoms. The van der Waals surface area contributed by atoms with Crippen LogP contribution in [0.25, 0.3) is 11.3 Å². The van der Waals surface area contributed by atoms with Crippen LogP contribution in [-0.2, 0) is 0 Å². The Hall–Kier alpha value is -1.79. The third-order valence-corrected chi connectivity index (χ3v) is 4.64. The molecule has 1 atom stereocenters. The lowest BCUT2D eigenvalue weighted by molar-refractivity contribution is 0.0697. The molecule has 1 saturated heterocycles. The number of rotatable bonds is 4. The summed E-state index contributed by atoms with van der Waals surface area (Å²) in [5.74, 6) is -0.904. The van der Waals surface area contributed by atoms with Crippen LogP contribution in [0, 0.1) is 0 Å². The van der Waals surface area contributed by atoms with Gasteiger partial charge in [-0.3, -0.25) is 5.32 Å². The summed E-state index contributed by atoms with van der Waals surface area (Å²) >= 11 is 1.63. The highest BCUT2D eigenvalue weighted by Gasteiger charge is 2.21. The van der Waals surface area contributed by atoms with E-state index in [0.717, 1.165) is 29.4 Å². The van der Waals surface area contributed by atoms with Crippen molar-refractivity contribution in [2.24, 2.45) is 0 Å². The Balaban J connectivity index is 1.99. The number of aromatic carboxylic acids is 1. The molecule has 0 spiro atoms. The number of nitrogens with zero attached hydrogens (tertiary/aromatic N) is 2. The summed E-state index contributed by atoms with van der Waals surface area (Å²) in [6.45, 7) is 1.02. The summed E-state index contributed by atoms with van der Waals surface area (Å²) in [4.78, 5) is 15.5. The number of imidazole rings is 1. The molecule has 1 aromatic carbocycles. The first-order chi connectivity index (χ1) is 10.7. The fraction of sp³-hybridized carbons (Fsp3) is 0.375. The molecule has 1 unspecified atom stereocenters. The van der Waals surface area contributed by atoms with Gasteiger partial charge in [0.15, 0.2) is 5.16 Å². The van der Waals surface area contributed by atoms with Gasteiger partial charge in [-0.25, -0.2) is 9.78 Å². The van der Waals surface area contributed by atoms with Gasteiger partial charge in [-0.2, -0.15) is 0 Å². The number of carboxylic acid groups (broad SMARTS) is 1. The topological polar surface area (TPSA) is 67.1 Å². The number of thioether (sulfide) groups is 1. The lowest BCUT2D eigenvalue weighted by Crippen LogP contribution is -2.32. The Morgan fingerprint density at radius 3 is 2.73 bits per heavy atom. The lowest BCUT2D eigenvalue weighted by Gasteiger charge is -2.27. The number of aromatic nitrogens is 2. The second-order valence-electron chi connectivity index (χ2n) is 5.35. The fourth-order valence-corrected chi connectivity index (χ4v) is 3.43. The monoisotopic (exact) mass is 317 g/mol. The molecule has 0 saturated carbocycles. The van der Waals surface area contributed by atoms with Gasteiger partial charge in [0.2, 0.25) is 0 Å². The van der Waals surface area contributed by atoms with Gasteiger partial charge in [-0.1, -0.05) is 23.9 Å². The molecular formula is C16H19N3O2S. The first-order valence-corrected chi connectivity index (χ1v) is 8.61. The van der Waals surface area contributed by atoms with Crippen LogP contribution >= 0.6 is 11.8 Å². The van der Waals surface area contributed by atoms with Crippen molar-refractivity contribution in [1.29, 1.82) is 0 Å². The minimum atomic E-state index is -0.904. The van der Waals surface area contributed by atoms with E-state index in [4.69, 9.17) is 5.11 Å². The standard InChI is InChI=1S/C16H19N3O2S/c1-22-16-18-10-13(19(16)14-4-2-3-9-17-14)11-5-7-12(8-6-11)15(20)21/h5-8,10,14,17H,2-4,9H2,1H3,(H,20,21). The minimum absolute atomic E-state index is 0.257. The molecule has 3 rings (SSSR count). The van der Waals surface area contributed by atoms with E-state index in [9.17, 15) is 4.79 Å². The van der Waals surface area contributed by atoms with Crippen molar-refractivity contribution in [3.63, 3.8) is 0 Å². The van der Waals surface area contributed by atoms with E-state index >= 15 is 0 Å². The summed E-state index contributed by atoms with van der Waals surface area (Å²) in [6, 6.07) is 6.98. The molecule has 0 radical (unpaired) electrons. The number of piperidine rings is 1. The van der Waals surface area contributed by atoms with Crippen molar-refractivity contribution >= 4 is 17.7 Å². The molecule has 1 aliphatic heterocycles. The quantitative estimate of drug-likeness (QED) is 0.847. The Morgan fingerprint density at radius 1 is 1.36 bits per heavy atom. The first-order valence-electron chi connectivity index (χ1n) is 7.39. The van der Waals surface area contributed by atoms with E-state index in [2.05, 4.69) is 14.9 Å². The third-order valence-electron chi connectivity index (χ3n) is 3.97. The number of carbonyl (C=O) groups is 1. The molecule has 1 fully saturated rings. The van der Waals surface area contributed by atoms with Gasteiger partial charge in [0, 0.05) is 0 Å². The van der Waals surface area contributed by atoms with E-state index in [-0.39, 0.29) is 6.17 Å². The van der Waals surface area contributed by atoms with Crippen LogP contribution in [-0.4, -0.2) is 33.4 Å². The second kappa shape index (κ2) is 6.54. The molecule has 0 aliphatic carbocycles. The van der Waals surface area contributed by atoms with Gasteiger partial charge < -0.3 is 9.67 Å². The van der Waals surface area contributed by atoms with Crippen molar-refractivity contribution in [3.05, 3.63) is 36.0 Å². The van der Waals surface area contributed by atoms with Crippen molar-refractivity contribution in [2.75, 3.05) is 12.8 Å². The molecule has 116 valence electrons. The summed E-state index contributed by atoms with van der Waals surface area (Å²) in [5, 5.41) is 13.6. The molecule has 22 heavy (non-hydrogen) atoms. The molecule has 6 heteroatoms. The highest BCUT2D eigenvalue weighted by Crippen LogP contribution is 2.31. The van der Waals surface area contributed by atoms with Gasteiger partial charge in [0.05, 0.1) is 23.6 Å². The van der Waals surface area contributed by atoms with Gasteiger partial charge >= 0.3 is 5.97 Å². The Kier molecular flexibility index (Phi) is 4.49. The molecular weight excluding hydrogens is 298 g/mol. The van der Waals surface area contributed by atoms with Gasteiger partial charge in [0.25, 0.3) is 0 Å². The molecule has 0 amide bonds. The zero-order chi connectivity index (χ0) is 15.5. The maximum atomic E-state index is 11.0. The number of benzene rings is 1. The molecule has 2 N–H and O–H groups in total. The summed E-state index contributed by atoms with van der Waals surface area (Å²) < 4.78 is 2.24. The van der Waals surface area contributed by atoms with Crippen LogP contribution in [0.1, 0.15) is 35.8 Å². The molecule has 2 aromatic rings. The van der Waals surface area contributed by atoms with Crippen molar-refractivity contribution in [3.8, 4) is 11.3 Å². The van der Waals surface area contributed by atoms with Gasteiger partial charge in [0.1, 0.15) is 0 Å². The lowest BCUT2D eigenvalue weighted by atomic mass is 10.1. The van der Waals surface area contributed by atoms with E-state index in [1.165, 1.54) is 12.8 Å². The maximum absolute atomic E-state index is 11.0. The van der Waals surface area contributed by atoms with Crippen LogP contribution in [0.2, 0.25) is 0 Å². The maximum Gasteiger partial charge on any atom is 0.335 e. The average molecular weight is 317 g/mol. The van der Waals surface area contributed by atoms with Crippen molar-refractivity contribution in [1.82, 2.24) is 14.9 Å². The normalized spacial score (nSPS) is 18.3. The smallest absolute Gasteiger partial charge is 0.335 e.